The van der Waals surface area contributed by atoms with E-state index in [1.54, 1.807) is 23.9 Å². The fourth-order valence-electron chi connectivity index (χ4n) is 3.64. The maximum Gasteiger partial charge on any atom is 0.240 e. The SMILES string of the molecule is CSc1cccc(/C(C)=C(\C)C2CC2CCNS(=O)(=O)c2ccc(C)cc2)c1. The van der Waals surface area contributed by atoms with Crippen molar-refractivity contribution in [1.29, 1.82) is 0 Å². The Morgan fingerprint density at radius 1 is 1.14 bits per heavy atom. The van der Waals surface area contributed by atoms with E-state index in [1.165, 1.54) is 21.6 Å². The molecule has 0 heterocycles. The van der Waals surface area contributed by atoms with E-state index in [9.17, 15) is 8.42 Å². The van der Waals surface area contributed by atoms with Gasteiger partial charge in [-0.15, -0.1) is 11.8 Å². The number of rotatable bonds is 8. The zero-order chi connectivity index (χ0) is 20.3. The summed E-state index contributed by atoms with van der Waals surface area (Å²) in [5.41, 5.74) is 5.13. The van der Waals surface area contributed by atoms with Crippen molar-refractivity contribution >= 4 is 27.4 Å². The van der Waals surface area contributed by atoms with Gasteiger partial charge >= 0.3 is 0 Å². The average molecular weight is 416 g/mol. The minimum absolute atomic E-state index is 0.339. The van der Waals surface area contributed by atoms with Crippen LogP contribution in [0.25, 0.3) is 5.57 Å². The van der Waals surface area contributed by atoms with Crippen molar-refractivity contribution in [2.45, 2.75) is 43.4 Å². The molecule has 0 saturated heterocycles. The molecule has 2 unspecified atom stereocenters. The highest BCUT2D eigenvalue weighted by Gasteiger charge is 2.38. The van der Waals surface area contributed by atoms with E-state index in [0.29, 0.717) is 23.3 Å². The van der Waals surface area contributed by atoms with Crippen LogP contribution < -0.4 is 4.72 Å². The van der Waals surface area contributed by atoms with Gasteiger partial charge in [0.1, 0.15) is 0 Å². The number of sulfonamides is 1. The smallest absolute Gasteiger partial charge is 0.211 e. The lowest BCUT2D eigenvalue weighted by Crippen LogP contribution is -2.25. The molecule has 3 rings (SSSR count). The number of benzene rings is 2. The van der Waals surface area contributed by atoms with E-state index in [2.05, 4.69) is 49.1 Å². The molecule has 0 aromatic heterocycles. The van der Waals surface area contributed by atoms with Gasteiger partial charge in [0.15, 0.2) is 0 Å². The van der Waals surface area contributed by atoms with E-state index in [0.717, 1.165) is 18.4 Å². The zero-order valence-electron chi connectivity index (χ0n) is 17.0. The first-order chi connectivity index (χ1) is 13.3. The van der Waals surface area contributed by atoms with Gasteiger partial charge < -0.3 is 0 Å². The van der Waals surface area contributed by atoms with Gasteiger partial charge in [0.05, 0.1) is 4.90 Å². The Morgan fingerprint density at radius 3 is 2.54 bits per heavy atom. The molecule has 28 heavy (non-hydrogen) atoms. The lowest BCUT2D eigenvalue weighted by molar-refractivity contribution is 0.573. The van der Waals surface area contributed by atoms with Crippen LogP contribution in [0.3, 0.4) is 0 Å². The highest BCUT2D eigenvalue weighted by molar-refractivity contribution is 7.98. The van der Waals surface area contributed by atoms with Crippen LogP contribution in [-0.4, -0.2) is 21.2 Å². The molecule has 0 spiro atoms. The van der Waals surface area contributed by atoms with Crippen LogP contribution in [0.1, 0.15) is 37.8 Å². The number of hydrogen-bond donors (Lipinski definition) is 1. The van der Waals surface area contributed by atoms with Gasteiger partial charge in [0.25, 0.3) is 0 Å². The van der Waals surface area contributed by atoms with Gasteiger partial charge in [-0.3, -0.25) is 0 Å². The minimum Gasteiger partial charge on any atom is -0.211 e. The molecule has 1 aliphatic rings. The third-order valence-corrected chi connectivity index (χ3v) is 7.91. The Kier molecular flexibility index (Phi) is 6.69. The average Bonchev–Trinajstić information content (AvgIpc) is 3.46. The zero-order valence-corrected chi connectivity index (χ0v) is 18.7. The van der Waals surface area contributed by atoms with Gasteiger partial charge in [0, 0.05) is 11.4 Å². The van der Waals surface area contributed by atoms with E-state index in [4.69, 9.17) is 0 Å². The number of aryl methyl sites for hydroxylation is 1. The second-order valence-electron chi connectivity index (χ2n) is 7.64. The highest BCUT2D eigenvalue weighted by atomic mass is 32.2. The lowest BCUT2D eigenvalue weighted by atomic mass is 9.98. The molecule has 0 amide bonds. The van der Waals surface area contributed by atoms with Gasteiger partial charge in [-0.1, -0.05) is 35.4 Å². The van der Waals surface area contributed by atoms with Gasteiger partial charge in [-0.2, -0.15) is 0 Å². The number of thioether (sulfide) groups is 1. The molecule has 2 atom stereocenters. The predicted octanol–water partition coefficient (Wildman–Crippen LogP) is 5.52. The first kappa shape index (κ1) is 21.2. The van der Waals surface area contributed by atoms with Gasteiger partial charge in [-0.25, -0.2) is 13.1 Å². The standard InChI is InChI=1S/C23H29NO2S2/c1-16-8-10-22(11-9-16)28(25,26)24-13-12-20-15-23(20)18(3)17(2)19-6-5-7-21(14-19)27-4/h5-11,14,20,23-24H,12-13,15H2,1-4H3/b18-17+. The summed E-state index contributed by atoms with van der Waals surface area (Å²) in [5, 5.41) is 0. The van der Waals surface area contributed by atoms with Crippen LogP contribution in [0.5, 0.6) is 0 Å². The molecule has 1 saturated carbocycles. The third kappa shape index (κ3) is 5.07. The van der Waals surface area contributed by atoms with E-state index in [-0.39, 0.29) is 0 Å². The summed E-state index contributed by atoms with van der Waals surface area (Å²) < 4.78 is 27.5. The second-order valence-corrected chi connectivity index (χ2v) is 10.3. The van der Waals surface area contributed by atoms with Crippen LogP contribution in [0.4, 0.5) is 0 Å². The molecule has 0 radical (unpaired) electrons. The van der Waals surface area contributed by atoms with Crippen LogP contribution in [0, 0.1) is 18.8 Å². The van der Waals surface area contributed by atoms with E-state index < -0.39 is 10.0 Å². The monoisotopic (exact) mass is 415 g/mol. The Morgan fingerprint density at radius 2 is 1.86 bits per heavy atom. The molecule has 150 valence electrons. The molecular formula is C23H29NO2S2. The summed E-state index contributed by atoms with van der Waals surface area (Å²) in [7, 11) is -3.41. The molecule has 2 aromatic carbocycles. The fourth-order valence-corrected chi connectivity index (χ4v) is 5.15. The van der Waals surface area contributed by atoms with Crippen LogP contribution in [-0.2, 0) is 10.0 Å². The Balaban J connectivity index is 1.56. The lowest BCUT2D eigenvalue weighted by Gasteiger charge is -2.10. The Hall–Kier alpha value is -1.56. The minimum atomic E-state index is -3.41. The maximum absolute atomic E-state index is 12.4. The molecule has 1 fully saturated rings. The molecule has 1 N–H and O–H groups in total. The summed E-state index contributed by atoms with van der Waals surface area (Å²) in [6.07, 6.45) is 4.13. The summed E-state index contributed by atoms with van der Waals surface area (Å²) >= 11 is 1.76. The van der Waals surface area contributed by atoms with Crippen molar-refractivity contribution in [3.63, 3.8) is 0 Å². The normalized spacial score (nSPS) is 20.0. The van der Waals surface area contributed by atoms with Crippen molar-refractivity contribution in [2.75, 3.05) is 12.8 Å². The van der Waals surface area contributed by atoms with Gasteiger partial charge in [0.2, 0.25) is 10.0 Å². The second kappa shape index (κ2) is 8.85. The molecule has 5 heteroatoms. The Bertz CT molecular complexity index is 962. The van der Waals surface area contributed by atoms with Crippen LogP contribution in [0.15, 0.2) is 63.9 Å². The number of hydrogen-bond acceptors (Lipinski definition) is 3. The maximum atomic E-state index is 12.4. The largest absolute Gasteiger partial charge is 0.240 e. The van der Waals surface area contributed by atoms with E-state index in [1.807, 2.05) is 19.1 Å². The van der Waals surface area contributed by atoms with Crippen molar-refractivity contribution in [3.05, 3.63) is 65.2 Å². The molecule has 2 aromatic rings. The molecular weight excluding hydrogens is 386 g/mol. The number of nitrogens with one attached hydrogen (secondary N) is 1. The topological polar surface area (TPSA) is 46.2 Å². The summed E-state index contributed by atoms with van der Waals surface area (Å²) in [6, 6.07) is 15.7. The first-order valence-electron chi connectivity index (χ1n) is 9.70. The van der Waals surface area contributed by atoms with Crippen molar-refractivity contribution in [1.82, 2.24) is 4.72 Å². The number of allylic oxidation sites excluding steroid dienone is 2. The highest BCUT2D eigenvalue weighted by Crippen LogP contribution is 2.48. The summed E-state index contributed by atoms with van der Waals surface area (Å²) in [4.78, 5) is 1.62. The molecule has 1 aliphatic carbocycles. The summed E-state index contributed by atoms with van der Waals surface area (Å²) in [6.45, 7) is 6.87. The van der Waals surface area contributed by atoms with Crippen molar-refractivity contribution < 1.29 is 8.42 Å². The predicted molar refractivity (Wildman–Crippen MR) is 119 cm³/mol. The van der Waals surface area contributed by atoms with Crippen molar-refractivity contribution in [2.24, 2.45) is 11.8 Å². The van der Waals surface area contributed by atoms with E-state index >= 15 is 0 Å². The third-order valence-electron chi connectivity index (χ3n) is 5.71. The van der Waals surface area contributed by atoms with Gasteiger partial charge in [-0.05, 0) is 87.1 Å². The fraction of sp³-hybridized carbons (Fsp3) is 0.391. The molecule has 3 nitrogen and oxygen atoms in total. The quantitative estimate of drug-likeness (QED) is 0.578. The first-order valence-corrected chi connectivity index (χ1v) is 12.4. The molecule has 0 bridgehead atoms. The van der Waals surface area contributed by atoms with Crippen LogP contribution in [0.2, 0.25) is 0 Å². The Labute approximate surface area is 173 Å². The molecule has 0 aliphatic heterocycles. The van der Waals surface area contributed by atoms with Crippen LogP contribution >= 0.6 is 11.8 Å². The summed E-state index contributed by atoms with van der Waals surface area (Å²) in [5.74, 6) is 1.14. The van der Waals surface area contributed by atoms with Crippen molar-refractivity contribution in [3.8, 4) is 0 Å².